The molecule has 0 aliphatic rings. The van der Waals surface area contributed by atoms with E-state index in [1.165, 1.54) is 0 Å². The average Bonchev–Trinajstić information content (AvgIpc) is 2.62. The van der Waals surface area contributed by atoms with E-state index in [1.807, 2.05) is 0 Å². The van der Waals surface area contributed by atoms with E-state index in [1.54, 1.807) is 17.5 Å². The minimum Gasteiger partial charge on any atom is -0.391 e. The highest BCUT2D eigenvalue weighted by Gasteiger charge is 2.25. The Labute approximate surface area is 95.8 Å². The molecule has 1 heterocycles. The Balaban J connectivity index is 2.80. The summed E-state index contributed by atoms with van der Waals surface area (Å²) in [6, 6.07) is 0.412. The molecule has 1 rings (SSSR count). The Morgan fingerprint density at radius 3 is 2.53 bits per heavy atom. The van der Waals surface area contributed by atoms with Gasteiger partial charge in [-0.15, -0.1) is 0 Å². The van der Waals surface area contributed by atoms with Crippen LogP contribution in [0.4, 0.5) is 5.13 Å². The predicted octanol–water partition coefficient (Wildman–Crippen LogP) is 2.51. The van der Waals surface area contributed by atoms with E-state index in [2.05, 4.69) is 44.6 Å². The van der Waals surface area contributed by atoms with Gasteiger partial charge in [0.1, 0.15) is 0 Å². The van der Waals surface area contributed by atoms with Crippen LogP contribution >= 0.6 is 11.3 Å². The Morgan fingerprint density at radius 2 is 2.13 bits per heavy atom. The van der Waals surface area contributed by atoms with Crippen LogP contribution in [-0.4, -0.2) is 23.2 Å². The molecule has 1 N–H and O–H groups in total. The lowest BCUT2D eigenvalue weighted by atomic mass is 9.87. The van der Waals surface area contributed by atoms with Crippen molar-refractivity contribution in [1.82, 2.24) is 4.98 Å². The second-order valence-corrected chi connectivity index (χ2v) is 6.01. The summed E-state index contributed by atoms with van der Waals surface area (Å²) >= 11 is 1.55. The van der Waals surface area contributed by atoms with Crippen LogP contribution in [0.1, 0.15) is 32.6 Å². The number of anilines is 1. The monoisotopic (exact) mass is 228 g/mol. The summed E-state index contributed by atoms with van der Waals surface area (Å²) in [6.45, 7) is 8.92. The lowest BCUT2D eigenvalue weighted by molar-refractivity contribution is 0.285. The molecule has 0 aliphatic heterocycles. The van der Waals surface area contributed by atoms with E-state index in [0.29, 0.717) is 6.04 Å². The molecule has 15 heavy (non-hydrogen) atoms. The van der Waals surface area contributed by atoms with Crippen molar-refractivity contribution in [2.24, 2.45) is 5.41 Å². The van der Waals surface area contributed by atoms with Gasteiger partial charge in [0, 0.05) is 19.3 Å². The van der Waals surface area contributed by atoms with Crippen molar-refractivity contribution < 1.29 is 5.11 Å². The lowest BCUT2D eigenvalue weighted by Crippen LogP contribution is -2.39. The Hall–Kier alpha value is -0.610. The van der Waals surface area contributed by atoms with Crippen molar-refractivity contribution >= 4 is 16.5 Å². The minimum atomic E-state index is 0.0788. The highest BCUT2D eigenvalue weighted by atomic mass is 32.1. The Morgan fingerprint density at radius 1 is 1.53 bits per heavy atom. The van der Waals surface area contributed by atoms with Crippen LogP contribution in [0.3, 0.4) is 0 Å². The number of hydrogen-bond donors (Lipinski definition) is 1. The zero-order valence-electron chi connectivity index (χ0n) is 10.1. The summed E-state index contributed by atoms with van der Waals surface area (Å²) in [5, 5.41) is 9.96. The van der Waals surface area contributed by atoms with Crippen molar-refractivity contribution in [3.05, 3.63) is 11.1 Å². The number of thiazole rings is 1. The van der Waals surface area contributed by atoms with Crippen LogP contribution in [0.2, 0.25) is 0 Å². The van der Waals surface area contributed by atoms with Crippen molar-refractivity contribution in [2.45, 2.75) is 40.3 Å². The molecule has 1 unspecified atom stereocenters. The predicted molar refractivity (Wildman–Crippen MR) is 65.4 cm³/mol. The first-order chi connectivity index (χ1) is 6.86. The van der Waals surface area contributed by atoms with Gasteiger partial charge in [0.15, 0.2) is 5.13 Å². The first-order valence-electron chi connectivity index (χ1n) is 5.14. The third kappa shape index (κ3) is 2.92. The van der Waals surface area contributed by atoms with Crippen molar-refractivity contribution in [3.63, 3.8) is 0 Å². The number of aromatic nitrogens is 1. The van der Waals surface area contributed by atoms with Gasteiger partial charge in [0.2, 0.25) is 0 Å². The van der Waals surface area contributed by atoms with Gasteiger partial charge < -0.3 is 10.0 Å². The van der Waals surface area contributed by atoms with Crippen LogP contribution in [0.25, 0.3) is 0 Å². The molecule has 1 aromatic rings. The van der Waals surface area contributed by atoms with Gasteiger partial charge in [-0.2, -0.15) is 0 Å². The van der Waals surface area contributed by atoms with E-state index >= 15 is 0 Å². The number of rotatable bonds is 3. The smallest absolute Gasteiger partial charge is 0.185 e. The van der Waals surface area contributed by atoms with Crippen LogP contribution in [0.15, 0.2) is 6.20 Å². The highest BCUT2D eigenvalue weighted by Crippen LogP contribution is 2.29. The maximum Gasteiger partial charge on any atom is 0.185 e. The summed E-state index contributed by atoms with van der Waals surface area (Å²) in [5.74, 6) is 0. The zero-order chi connectivity index (χ0) is 11.6. The first-order valence-corrected chi connectivity index (χ1v) is 5.96. The summed E-state index contributed by atoms with van der Waals surface area (Å²) < 4.78 is 0. The molecule has 0 aromatic carbocycles. The van der Waals surface area contributed by atoms with Gasteiger partial charge >= 0.3 is 0 Å². The van der Waals surface area contributed by atoms with Crippen LogP contribution in [0.5, 0.6) is 0 Å². The number of nitrogens with zero attached hydrogens (tertiary/aromatic N) is 2. The fourth-order valence-corrected chi connectivity index (χ4v) is 2.09. The molecule has 0 spiro atoms. The molecule has 1 atom stereocenters. The first kappa shape index (κ1) is 12.5. The molecule has 0 saturated carbocycles. The van der Waals surface area contributed by atoms with Crippen LogP contribution in [0, 0.1) is 5.41 Å². The van der Waals surface area contributed by atoms with Crippen molar-refractivity contribution in [1.29, 1.82) is 0 Å². The third-order valence-electron chi connectivity index (χ3n) is 2.83. The summed E-state index contributed by atoms with van der Waals surface area (Å²) in [4.78, 5) is 7.39. The molecule has 0 saturated heterocycles. The van der Waals surface area contributed by atoms with E-state index in [9.17, 15) is 0 Å². The van der Waals surface area contributed by atoms with Crippen molar-refractivity contribution in [3.8, 4) is 0 Å². The summed E-state index contributed by atoms with van der Waals surface area (Å²) in [6.07, 6.45) is 1.74. The molecule has 4 heteroatoms. The molecular formula is C11H20N2OS. The second-order valence-electron chi connectivity index (χ2n) is 4.92. The maximum absolute atomic E-state index is 8.98. The van der Waals surface area contributed by atoms with E-state index < -0.39 is 0 Å². The molecule has 86 valence electrons. The summed E-state index contributed by atoms with van der Waals surface area (Å²) in [7, 11) is 2.05. The normalized spacial score (nSPS) is 14.0. The van der Waals surface area contributed by atoms with Gasteiger partial charge in [-0.1, -0.05) is 32.1 Å². The van der Waals surface area contributed by atoms with Crippen molar-refractivity contribution in [2.75, 3.05) is 11.9 Å². The van der Waals surface area contributed by atoms with Gasteiger partial charge in [-0.05, 0) is 12.3 Å². The maximum atomic E-state index is 8.98. The lowest BCUT2D eigenvalue weighted by Gasteiger charge is -2.35. The molecular weight excluding hydrogens is 208 g/mol. The number of aliphatic hydroxyl groups is 1. The summed E-state index contributed by atoms with van der Waals surface area (Å²) in [5.41, 5.74) is 0.222. The zero-order valence-corrected chi connectivity index (χ0v) is 10.9. The highest BCUT2D eigenvalue weighted by molar-refractivity contribution is 7.15. The molecule has 0 fully saturated rings. The molecule has 0 aliphatic carbocycles. The van der Waals surface area contributed by atoms with E-state index in [0.717, 1.165) is 10.0 Å². The van der Waals surface area contributed by atoms with Crippen LogP contribution < -0.4 is 4.90 Å². The molecule has 3 nitrogen and oxygen atoms in total. The van der Waals surface area contributed by atoms with E-state index in [-0.39, 0.29) is 12.0 Å². The SMILES string of the molecule is CC(N(C)c1ncc(CO)s1)C(C)(C)C. The average molecular weight is 228 g/mol. The second kappa shape index (κ2) is 4.49. The standard InChI is InChI=1S/C11H20N2OS/c1-8(11(2,3)4)13(5)10-12-6-9(7-14)15-10/h6,8,14H,7H2,1-5H3. The van der Waals surface area contributed by atoms with Gasteiger partial charge in [0.05, 0.1) is 11.5 Å². The van der Waals surface area contributed by atoms with E-state index in [4.69, 9.17) is 5.11 Å². The Kier molecular flexibility index (Phi) is 3.73. The number of aliphatic hydroxyl groups excluding tert-OH is 1. The minimum absolute atomic E-state index is 0.0788. The molecule has 0 radical (unpaired) electrons. The van der Waals surface area contributed by atoms with Gasteiger partial charge in [-0.25, -0.2) is 4.98 Å². The molecule has 0 bridgehead atoms. The fraction of sp³-hybridized carbons (Fsp3) is 0.727. The Bertz CT molecular complexity index is 317. The molecule has 1 aromatic heterocycles. The molecule has 0 amide bonds. The number of hydrogen-bond acceptors (Lipinski definition) is 4. The fourth-order valence-electron chi connectivity index (χ4n) is 1.28. The van der Waals surface area contributed by atoms with Gasteiger partial charge in [-0.3, -0.25) is 0 Å². The topological polar surface area (TPSA) is 36.4 Å². The van der Waals surface area contributed by atoms with Crippen LogP contribution in [-0.2, 0) is 6.61 Å². The largest absolute Gasteiger partial charge is 0.391 e. The van der Waals surface area contributed by atoms with Gasteiger partial charge in [0.25, 0.3) is 0 Å². The third-order valence-corrected chi connectivity index (χ3v) is 3.91. The quantitative estimate of drug-likeness (QED) is 0.863.